The van der Waals surface area contributed by atoms with E-state index in [4.69, 9.17) is 4.74 Å². The zero-order valence-electron chi connectivity index (χ0n) is 11.7. The number of rotatable bonds is 5. The lowest BCUT2D eigenvalue weighted by atomic mass is 9.97. The van der Waals surface area contributed by atoms with Crippen molar-refractivity contribution in [2.75, 3.05) is 14.2 Å². The van der Waals surface area contributed by atoms with E-state index >= 15 is 0 Å². The van der Waals surface area contributed by atoms with Gasteiger partial charge in [0.05, 0.1) is 7.11 Å². The summed E-state index contributed by atoms with van der Waals surface area (Å²) in [4.78, 5) is 4.22. The molecule has 0 saturated heterocycles. The topological polar surface area (TPSA) is 34.1 Å². The van der Waals surface area contributed by atoms with Crippen LogP contribution in [0.25, 0.3) is 0 Å². The number of hydrogen-bond acceptors (Lipinski definition) is 3. The van der Waals surface area contributed by atoms with E-state index in [0.29, 0.717) is 0 Å². The SMILES string of the molecule is CNC(Cc1ccc(OC)cc1)c1cnccc1C. The lowest BCUT2D eigenvalue weighted by Crippen LogP contribution is -2.20. The maximum Gasteiger partial charge on any atom is 0.118 e. The first-order valence-electron chi connectivity index (χ1n) is 6.45. The normalized spacial score (nSPS) is 12.2. The van der Waals surface area contributed by atoms with Gasteiger partial charge in [-0.3, -0.25) is 4.98 Å². The van der Waals surface area contributed by atoms with Gasteiger partial charge in [0.2, 0.25) is 0 Å². The minimum absolute atomic E-state index is 0.280. The Morgan fingerprint density at radius 3 is 2.53 bits per heavy atom. The van der Waals surface area contributed by atoms with Gasteiger partial charge < -0.3 is 10.1 Å². The predicted molar refractivity (Wildman–Crippen MR) is 77.5 cm³/mol. The van der Waals surface area contributed by atoms with Gasteiger partial charge in [-0.2, -0.15) is 0 Å². The molecule has 1 heterocycles. The molecular formula is C16H20N2O. The fraction of sp³-hybridized carbons (Fsp3) is 0.312. The molecule has 0 fully saturated rings. The second-order valence-corrected chi connectivity index (χ2v) is 4.63. The molecule has 100 valence electrons. The number of pyridine rings is 1. The second-order valence-electron chi connectivity index (χ2n) is 4.63. The minimum atomic E-state index is 0.280. The van der Waals surface area contributed by atoms with E-state index in [-0.39, 0.29) is 6.04 Å². The molecule has 0 aliphatic heterocycles. The summed E-state index contributed by atoms with van der Waals surface area (Å²) in [6.45, 7) is 2.12. The summed E-state index contributed by atoms with van der Waals surface area (Å²) in [5.74, 6) is 0.891. The fourth-order valence-electron chi connectivity index (χ4n) is 2.21. The first kappa shape index (κ1) is 13.6. The van der Waals surface area contributed by atoms with Crippen molar-refractivity contribution in [2.24, 2.45) is 0 Å². The van der Waals surface area contributed by atoms with E-state index in [1.54, 1.807) is 7.11 Å². The number of benzene rings is 1. The van der Waals surface area contributed by atoms with Crippen molar-refractivity contribution in [3.05, 3.63) is 59.4 Å². The predicted octanol–water partition coefficient (Wildman–Crippen LogP) is 2.90. The van der Waals surface area contributed by atoms with Crippen molar-refractivity contribution in [3.63, 3.8) is 0 Å². The molecule has 0 aliphatic carbocycles. The molecule has 1 aromatic heterocycles. The number of nitrogens with zero attached hydrogens (tertiary/aromatic N) is 1. The molecule has 3 nitrogen and oxygen atoms in total. The van der Waals surface area contributed by atoms with Crippen LogP contribution in [0.4, 0.5) is 0 Å². The molecule has 3 heteroatoms. The molecule has 0 bridgehead atoms. The van der Waals surface area contributed by atoms with E-state index in [0.717, 1.165) is 12.2 Å². The third kappa shape index (κ3) is 3.32. The van der Waals surface area contributed by atoms with Gasteiger partial charge in [-0.25, -0.2) is 0 Å². The van der Waals surface area contributed by atoms with Crippen LogP contribution in [0.2, 0.25) is 0 Å². The quantitative estimate of drug-likeness (QED) is 0.893. The number of aromatic nitrogens is 1. The highest BCUT2D eigenvalue weighted by Gasteiger charge is 2.12. The van der Waals surface area contributed by atoms with Crippen LogP contribution in [0.1, 0.15) is 22.7 Å². The average Bonchev–Trinajstić information content (AvgIpc) is 2.46. The lowest BCUT2D eigenvalue weighted by Gasteiger charge is -2.18. The number of ether oxygens (including phenoxy) is 1. The van der Waals surface area contributed by atoms with Crippen LogP contribution in [-0.2, 0) is 6.42 Å². The second kappa shape index (κ2) is 6.34. The largest absolute Gasteiger partial charge is 0.497 e. The van der Waals surface area contributed by atoms with Crippen LogP contribution < -0.4 is 10.1 Å². The van der Waals surface area contributed by atoms with Crippen molar-refractivity contribution in [1.82, 2.24) is 10.3 Å². The smallest absolute Gasteiger partial charge is 0.118 e. The van der Waals surface area contributed by atoms with Crippen molar-refractivity contribution in [3.8, 4) is 5.75 Å². The maximum atomic E-state index is 5.18. The highest BCUT2D eigenvalue weighted by molar-refractivity contribution is 5.31. The molecule has 0 saturated carbocycles. The zero-order valence-corrected chi connectivity index (χ0v) is 11.7. The van der Waals surface area contributed by atoms with Crippen molar-refractivity contribution in [2.45, 2.75) is 19.4 Å². The van der Waals surface area contributed by atoms with E-state index in [1.165, 1.54) is 16.7 Å². The Morgan fingerprint density at radius 2 is 1.95 bits per heavy atom. The summed E-state index contributed by atoms with van der Waals surface area (Å²) < 4.78 is 5.18. The molecular weight excluding hydrogens is 236 g/mol. The molecule has 0 aliphatic rings. The van der Waals surface area contributed by atoms with Crippen molar-refractivity contribution < 1.29 is 4.74 Å². The summed E-state index contributed by atoms with van der Waals surface area (Å²) >= 11 is 0. The van der Waals surface area contributed by atoms with Crippen LogP contribution in [0.15, 0.2) is 42.7 Å². The molecule has 19 heavy (non-hydrogen) atoms. The Morgan fingerprint density at radius 1 is 1.21 bits per heavy atom. The summed E-state index contributed by atoms with van der Waals surface area (Å²) in [6, 6.07) is 10.5. The van der Waals surface area contributed by atoms with Gasteiger partial charge in [-0.15, -0.1) is 0 Å². The minimum Gasteiger partial charge on any atom is -0.497 e. The molecule has 2 rings (SSSR count). The molecule has 1 N–H and O–H groups in total. The Hall–Kier alpha value is -1.87. The Bertz CT molecular complexity index is 523. The van der Waals surface area contributed by atoms with E-state index in [1.807, 2.05) is 37.6 Å². The van der Waals surface area contributed by atoms with E-state index in [2.05, 4.69) is 29.4 Å². The monoisotopic (exact) mass is 256 g/mol. The Labute approximate surface area is 114 Å². The first-order valence-corrected chi connectivity index (χ1v) is 6.45. The highest BCUT2D eigenvalue weighted by atomic mass is 16.5. The molecule has 1 unspecified atom stereocenters. The molecule has 0 spiro atoms. The van der Waals surface area contributed by atoms with Gasteiger partial charge in [-0.1, -0.05) is 12.1 Å². The van der Waals surface area contributed by atoms with Gasteiger partial charge in [0.15, 0.2) is 0 Å². The van der Waals surface area contributed by atoms with E-state index < -0.39 is 0 Å². The first-order chi connectivity index (χ1) is 9.24. The lowest BCUT2D eigenvalue weighted by molar-refractivity contribution is 0.414. The van der Waals surface area contributed by atoms with Crippen LogP contribution >= 0.6 is 0 Å². The summed E-state index contributed by atoms with van der Waals surface area (Å²) in [5, 5.41) is 3.37. The van der Waals surface area contributed by atoms with Crippen molar-refractivity contribution >= 4 is 0 Å². The summed E-state index contributed by atoms with van der Waals surface area (Å²) in [7, 11) is 3.67. The molecule has 1 aromatic carbocycles. The van der Waals surface area contributed by atoms with Crippen LogP contribution in [0.3, 0.4) is 0 Å². The molecule has 0 radical (unpaired) electrons. The summed E-state index contributed by atoms with van der Waals surface area (Å²) in [5.41, 5.74) is 3.80. The van der Waals surface area contributed by atoms with Gasteiger partial charge in [0.25, 0.3) is 0 Å². The van der Waals surface area contributed by atoms with Crippen LogP contribution in [0.5, 0.6) is 5.75 Å². The van der Waals surface area contributed by atoms with E-state index in [9.17, 15) is 0 Å². The molecule has 2 aromatic rings. The standard InChI is InChI=1S/C16H20N2O/c1-12-8-9-18-11-15(12)16(17-2)10-13-4-6-14(19-3)7-5-13/h4-9,11,16-17H,10H2,1-3H3. The Kier molecular flexibility index (Phi) is 4.53. The maximum absolute atomic E-state index is 5.18. The molecule has 1 atom stereocenters. The zero-order chi connectivity index (χ0) is 13.7. The van der Waals surface area contributed by atoms with Gasteiger partial charge in [-0.05, 0) is 55.3 Å². The number of methoxy groups -OCH3 is 1. The third-order valence-electron chi connectivity index (χ3n) is 3.40. The molecule has 0 amide bonds. The van der Waals surface area contributed by atoms with Crippen LogP contribution in [-0.4, -0.2) is 19.1 Å². The van der Waals surface area contributed by atoms with Crippen molar-refractivity contribution in [1.29, 1.82) is 0 Å². The highest BCUT2D eigenvalue weighted by Crippen LogP contribution is 2.21. The van der Waals surface area contributed by atoms with Crippen LogP contribution in [0, 0.1) is 6.92 Å². The number of likely N-dealkylation sites (N-methyl/N-ethyl adjacent to an activating group) is 1. The fourth-order valence-corrected chi connectivity index (χ4v) is 2.21. The number of nitrogens with one attached hydrogen (secondary N) is 1. The van der Waals surface area contributed by atoms with Gasteiger partial charge in [0, 0.05) is 18.4 Å². The van der Waals surface area contributed by atoms with Gasteiger partial charge >= 0.3 is 0 Å². The number of aryl methyl sites for hydroxylation is 1. The average molecular weight is 256 g/mol. The Balaban J connectivity index is 2.17. The number of hydrogen-bond donors (Lipinski definition) is 1. The third-order valence-corrected chi connectivity index (χ3v) is 3.40. The summed E-state index contributed by atoms with van der Waals surface area (Å²) in [6.07, 6.45) is 4.71. The van der Waals surface area contributed by atoms with Gasteiger partial charge in [0.1, 0.15) is 5.75 Å².